The minimum atomic E-state index is 0.516. The predicted molar refractivity (Wildman–Crippen MR) is 85.3 cm³/mol. The summed E-state index contributed by atoms with van der Waals surface area (Å²) in [6.07, 6.45) is 1.09. The van der Waals surface area contributed by atoms with Gasteiger partial charge in [-0.3, -0.25) is 0 Å². The number of benzene rings is 1. The van der Waals surface area contributed by atoms with Crippen molar-refractivity contribution in [3.8, 4) is 5.69 Å². The van der Waals surface area contributed by atoms with Crippen LogP contribution in [-0.4, -0.2) is 25.8 Å². The van der Waals surface area contributed by atoms with Gasteiger partial charge in [-0.15, -0.1) is 5.10 Å². The number of rotatable bonds is 5. The Labute approximate surface area is 134 Å². The first-order valence-electron chi connectivity index (χ1n) is 5.69. The van der Waals surface area contributed by atoms with Crippen LogP contribution in [0.4, 0.5) is 0 Å². The van der Waals surface area contributed by atoms with Gasteiger partial charge in [0.05, 0.1) is 15.7 Å². The second-order valence-electron chi connectivity index (χ2n) is 3.84. The fraction of sp³-hybridized carbons (Fsp3) is 0.333. The van der Waals surface area contributed by atoms with Crippen LogP contribution in [0.2, 0.25) is 10.0 Å². The minimum absolute atomic E-state index is 0.516. The Morgan fingerprint density at radius 2 is 2.11 bits per heavy atom. The lowest BCUT2D eigenvalue weighted by Gasteiger charge is -2.04. The van der Waals surface area contributed by atoms with Gasteiger partial charge in [0.15, 0.2) is 0 Å². The summed E-state index contributed by atoms with van der Waals surface area (Å²) in [6.45, 7) is 1.92. The second kappa shape index (κ2) is 6.97. The molecule has 0 unspecified atom stereocenters. The molecular weight excluding hydrogens is 369 g/mol. The van der Waals surface area contributed by atoms with E-state index < -0.39 is 0 Å². The van der Waals surface area contributed by atoms with Gasteiger partial charge in [-0.1, -0.05) is 50.9 Å². The van der Waals surface area contributed by atoms with E-state index in [1.54, 1.807) is 28.6 Å². The van der Waals surface area contributed by atoms with Crippen molar-refractivity contribution in [3.63, 3.8) is 0 Å². The molecule has 0 fully saturated rings. The fourth-order valence-electron chi connectivity index (χ4n) is 1.51. The maximum Gasteiger partial charge on any atom is 0.209 e. The topological polar surface area (TPSA) is 30.7 Å². The molecule has 1 aromatic carbocycles. The van der Waals surface area contributed by atoms with E-state index in [1.807, 2.05) is 13.0 Å². The van der Waals surface area contributed by atoms with Crippen molar-refractivity contribution in [1.82, 2.24) is 14.8 Å². The number of aryl methyl sites for hydroxylation is 1. The van der Waals surface area contributed by atoms with Crippen molar-refractivity contribution < 1.29 is 0 Å². The molecule has 3 nitrogen and oxygen atoms in total. The molecule has 0 N–H and O–H groups in total. The quantitative estimate of drug-likeness (QED) is 0.425. The van der Waals surface area contributed by atoms with Crippen LogP contribution >= 0.6 is 50.9 Å². The van der Waals surface area contributed by atoms with Crippen LogP contribution in [0, 0.1) is 6.92 Å². The number of halogens is 3. The molecular formula is C12H12BrCl2N3S. The van der Waals surface area contributed by atoms with E-state index >= 15 is 0 Å². The summed E-state index contributed by atoms with van der Waals surface area (Å²) in [4.78, 5) is 4.43. The molecule has 19 heavy (non-hydrogen) atoms. The molecule has 2 aromatic rings. The first kappa shape index (κ1) is 15.2. The Morgan fingerprint density at radius 3 is 2.79 bits per heavy atom. The normalized spacial score (nSPS) is 10.9. The zero-order chi connectivity index (χ0) is 13.8. The number of hydrogen-bond donors (Lipinski definition) is 0. The van der Waals surface area contributed by atoms with Gasteiger partial charge in [-0.25, -0.2) is 9.67 Å². The SMILES string of the molecule is Cc1nc(SCCCBr)nn1-c1ccc(Cl)c(Cl)c1. The molecule has 0 saturated heterocycles. The summed E-state index contributed by atoms with van der Waals surface area (Å²) < 4.78 is 1.78. The van der Waals surface area contributed by atoms with Gasteiger partial charge in [0, 0.05) is 11.1 Å². The molecule has 0 spiro atoms. The molecule has 7 heteroatoms. The largest absolute Gasteiger partial charge is 0.217 e. The zero-order valence-corrected chi connectivity index (χ0v) is 14.2. The molecule has 0 aliphatic heterocycles. The van der Waals surface area contributed by atoms with Crippen LogP contribution < -0.4 is 0 Å². The average Bonchev–Trinajstić information content (AvgIpc) is 2.74. The van der Waals surface area contributed by atoms with Crippen LogP contribution in [0.25, 0.3) is 5.69 Å². The number of aromatic nitrogens is 3. The fourth-order valence-corrected chi connectivity index (χ4v) is 3.26. The molecule has 0 radical (unpaired) electrons. The lowest BCUT2D eigenvalue weighted by Crippen LogP contribution is -1.99. The highest BCUT2D eigenvalue weighted by molar-refractivity contribution is 9.09. The monoisotopic (exact) mass is 379 g/mol. The summed E-state index contributed by atoms with van der Waals surface area (Å²) in [6, 6.07) is 5.43. The Hall–Kier alpha value is -0.230. The number of thioether (sulfide) groups is 1. The maximum absolute atomic E-state index is 6.02. The van der Waals surface area contributed by atoms with E-state index in [1.165, 1.54) is 0 Å². The van der Waals surface area contributed by atoms with E-state index in [0.29, 0.717) is 10.0 Å². The van der Waals surface area contributed by atoms with E-state index in [2.05, 4.69) is 26.0 Å². The van der Waals surface area contributed by atoms with Crippen molar-refractivity contribution in [1.29, 1.82) is 0 Å². The van der Waals surface area contributed by atoms with Crippen LogP contribution in [0.15, 0.2) is 23.4 Å². The number of nitrogens with zero attached hydrogens (tertiary/aromatic N) is 3. The number of hydrogen-bond acceptors (Lipinski definition) is 3. The van der Waals surface area contributed by atoms with Crippen molar-refractivity contribution >= 4 is 50.9 Å². The third-order valence-electron chi connectivity index (χ3n) is 2.41. The van der Waals surface area contributed by atoms with Gasteiger partial charge >= 0.3 is 0 Å². The average molecular weight is 381 g/mol. The van der Waals surface area contributed by atoms with Gasteiger partial charge in [-0.2, -0.15) is 0 Å². The molecule has 0 saturated carbocycles. The van der Waals surface area contributed by atoms with Crippen molar-refractivity contribution in [2.45, 2.75) is 18.5 Å². The first-order chi connectivity index (χ1) is 9.11. The van der Waals surface area contributed by atoms with Gasteiger partial charge in [-0.05, 0) is 31.5 Å². The summed E-state index contributed by atoms with van der Waals surface area (Å²) in [5, 5.41) is 7.30. The summed E-state index contributed by atoms with van der Waals surface area (Å²) >= 11 is 17.0. The standard InChI is InChI=1S/C12H12BrCl2N3S/c1-8-16-12(19-6-2-5-13)17-18(8)9-3-4-10(14)11(15)7-9/h3-4,7H,2,5-6H2,1H3. The Bertz CT molecular complexity index is 574. The molecule has 0 bridgehead atoms. The highest BCUT2D eigenvalue weighted by atomic mass is 79.9. The third kappa shape index (κ3) is 3.88. The Balaban J connectivity index is 2.22. The summed E-state index contributed by atoms with van der Waals surface area (Å²) in [5.41, 5.74) is 0.867. The number of alkyl halides is 1. The highest BCUT2D eigenvalue weighted by Crippen LogP contribution is 2.25. The second-order valence-corrected chi connectivity index (χ2v) is 6.51. The van der Waals surface area contributed by atoms with Crippen LogP contribution in [0.1, 0.15) is 12.2 Å². The molecule has 0 aliphatic rings. The van der Waals surface area contributed by atoms with E-state index in [4.69, 9.17) is 23.2 Å². The molecule has 1 heterocycles. The molecule has 2 rings (SSSR count). The maximum atomic E-state index is 6.02. The predicted octanol–water partition coefficient (Wildman–Crippen LogP) is 4.76. The summed E-state index contributed by atoms with van der Waals surface area (Å²) in [7, 11) is 0. The van der Waals surface area contributed by atoms with Crippen molar-refractivity contribution in [3.05, 3.63) is 34.1 Å². The van der Waals surface area contributed by atoms with E-state index in [-0.39, 0.29) is 0 Å². The zero-order valence-electron chi connectivity index (χ0n) is 10.2. The van der Waals surface area contributed by atoms with Crippen molar-refractivity contribution in [2.75, 3.05) is 11.1 Å². The molecule has 0 amide bonds. The summed E-state index contributed by atoms with van der Waals surface area (Å²) in [5.74, 6) is 1.83. The smallest absolute Gasteiger partial charge is 0.209 e. The van der Waals surface area contributed by atoms with Crippen LogP contribution in [0.5, 0.6) is 0 Å². The minimum Gasteiger partial charge on any atom is -0.217 e. The Kier molecular flexibility index (Phi) is 5.57. The van der Waals surface area contributed by atoms with Gasteiger partial charge < -0.3 is 0 Å². The lowest BCUT2D eigenvalue weighted by atomic mass is 10.3. The van der Waals surface area contributed by atoms with Crippen LogP contribution in [0.3, 0.4) is 0 Å². The molecule has 0 aliphatic carbocycles. The molecule has 102 valence electrons. The third-order valence-corrected chi connectivity index (χ3v) is 4.63. The Morgan fingerprint density at radius 1 is 1.32 bits per heavy atom. The van der Waals surface area contributed by atoms with Gasteiger partial charge in [0.1, 0.15) is 5.82 Å². The lowest BCUT2D eigenvalue weighted by molar-refractivity contribution is 0.813. The first-order valence-corrected chi connectivity index (χ1v) is 8.56. The molecule has 1 aromatic heterocycles. The van der Waals surface area contributed by atoms with E-state index in [0.717, 1.165) is 34.2 Å². The highest BCUT2D eigenvalue weighted by Gasteiger charge is 2.09. The van der Waals surface area contributed by atoms with Gasteiger partial charge in [0.25, 0.3) is 0 Å². The molecule has 0 atom stereocenters. The van der Waals surface area contributed by atoms with Crippen molar-refractivity contribution in [2.24, 2.45) is 0 Å². The van der Waals surface area contributed by atoms with Gasteiger partial charge in [0.2, 0.25) is 5.16 Å². The van der Waals surface area contributed by atoms with E-state index in [9.17, 15) is 0 Å². The van der Waals surface area contributed by atoms with Crippen LogP contribution in [-0.2, 0) is 0 Å².